The van der Waals surface area contributed by atoms with Gasteiger partial charge in [-0.2, -0.15) is 13.2 Å². The molecule has 0 radical (unpaired) electrons. The van der Waals surface area contributed by atoms with Crippen molar-refractivity contribution in [2.45, 2.75) is 26.1 Å². The molecule has 3 N–H and O–H groups in total. The zero-order valence-corrected chi connectivity index (χ0v) is 15.5. The highest BCUT2D eigenvalue weighted by Gasteiger charge is 2.30. The first-order chi connectivity index (χ1) is 13.6. The number of anilines is 1. The molecule has 0 fully saturated rings. The highest BCUT2D eigenvalue weighted by molar-refractivity contribution is 5.91. The van der Waals surface area contributed by atoms with E-state index in [1.807, 2.05) is 5.32 Å². The quantitative estimate of drug-likeness (QED) is 0.528. The number of halogens is 4. The van der Waals surface area contributed by atoms with Crippen molar-refractivity contribution in [1.82, 2.24) is 25.3 Å². The largest absolute Gasteiger partial charge is 0.405 e. The van der Waals surface area contributed by atoms with Crippen molar-refractivity contribution in [3.8, 4) is 11.4 Å². The van der Waals surface area contributed by atoms with Crippen LogP contribution in [0.4, 0.5) is 23.4 Å². The first kappa shape index (κ1) is 20.5. The standard InChI is InChI=1S/C18H18F4N6O.3H2/c1-9(2)14(17(29)26-8-18(20,21)22)27-13-3-4-23-16(28-13)12-7-25-15-11(12)5-10(19)6-24-15;;;/h3-7,9,14H,8H2,1-2H3,(H,24,25)(H,26,29)(H,23,27,28);3*1H. The molecule has 3 rings (SSSR count). The zero-order valence-electron chi connectivity index (χ0n) is 15.5. The number of amides is 1. The maximum Gasteiger partial charge on any atom is 0.405 e. The van der Waals surface area contributed by atoms with Crippen molar-refractivity contribution >= 4 is 22.8 Å². The fourth-order valence-electron chi connectivity index (χ4n) is 2.72. The number of pyridine rings is 1. The molecule has 1 amide bonds. The van der Waals surface area contributed by atoms with Crippen molar-refractivity contribution in [3.05, 3.63) is 36.5 Å². The molecule has 0 aliphatic rings. The van der Waals surface area contributed by atoms with Gasteiger partial charge in [-0.1, -0.05) is 13.8 Å². The number of nitrogens with zero attached hydrogens (tertiary/aromatic N) is 3. The monoisotopic (exact) mass is 416 g/mol. The first-order valence-corrected chi connectivity index (χ1v) is 8.71. The number of nitrogens with one attached hydrogen (secondary N) is 3. The Hall–Kier alpha value is -3.24. The molecular formula is C18H24F4N6O. The Bertz CT molecular complexity index is 1030. The molecule has 3 aromatic rings. The summed E-state index contributed by atoms with van der Waals surface area (Å²) in [5.41, 5.74) is 0.952. The Morgan fingerprint density at radius 1 is 1.31 bits per heavy atom. The van der Waals surface area contributed by atoms with E-state index in [0.717, 1.165) is 6.20 Å². The van der Waals surface area contributed by atoms with E-state index in [1.54, 1.807) is 20.0 Å². The van der Waals surface area contributed by atoms with Crippen molar-refractivity contribution in [1.29, 1.82) is 0 Å². The molecule has 11 heteroatoms. The summed E-state index contributed by atoms with van der Waals surface area (Å²) in [4.78, 5) is 27.5. The van der Waals surface area contributed by atoms with Crippen molar-refractivity contribution < 1.29 is 26.6 Å². The molecule has 1 atom stereocenters. The number of carbonyl (C=O) groups excluding carboxylic acids is 1. The summed E-state index contributed by atoms with van der Waals surface area (Å²) in [5, 5.41) is 5.20. The number of aromatic nitrogens is 4. The minimum absolute atomic E-state index is 0. The van der Waals surface area contributed by atoms with Crippen LogP contribution in [0.15, 0.2) is 30.7 Å². The van der Waals surface area contributed by atoms with Crippen LogP contribution in [0, 0.1) is 11.7 Å². The third-order valence-electron chi connectivity index (χ3n) is 4.11. The molecule has 0 saturated heterocycles. The van der Waals surface area contributed by atoms with Crippen LogP contribution in [0.5, 0.6) is 0 Å². The van der Waals surface area contributed by atoms with E-state index in [-0.39, 0.29) is 21.8 Å². The Kier molecular flexibility index (Phi) is 5.66. The summed E-state index contributed by atoms with van der Waals surface area (Å²) in [6.45, 7) is 1.97. The van der Waals surface area contributed by atoms with Crippen LogP contribution < -0.4 is 10.6 Å². The second-order valence-corrected chi connectivity index (χ2v) is 6.72. The average molecular weight is 416 g/mol. The maximum atomic E-state index is 13.5. The average Bonchev–Trinajstić information content (AvgIpc) is 3.06. The van der Waals surface area contributed by atoms with Gasteiger partial charge in [0.15, 0.2) is 5.82 Å². The van der Waals surface area contributed by atoms with Gasteiger partial charge in [0.05, 0.1) is 6.20 Å². The maximum absolute atomic E-state index is 13.5. The number of hydrogen-bond acceptors (Lipinski definition) is 5. The lowest BCUT2D eigenvalue weighted by atomic mass is 10.0. The third kappa shape index (κ3) is 4.98. The van der Waals surface area contributed by atoms with Crippen LogP contribution in [-0.2, 0) is 4.79 Å². The van der Waals surface area contributed by atoms with Crippen LogP contribution >= 0.6 is 0 Å². The Balaban J connectivity index is 0.00000320. The third-order valence-corrected chi connectivity index (χ3v) is 4.11. The summed E-state index contributed by atoms with van der Waals surface area (Å²) in [6, 6.07) is 1.84. The number of aromatic amines is 1. The van der Waals surface area contributed by atoms with Gasteiger partial charge in [-0.15, -0.1) is 0 Å². The van der Waals surface area contributed by atoms with Gasteiger partial charge < -0.3 is 15.6 Å². The van der Waals surface area contributed by atoms with Gasteiger partial charge in [0.2, 0.25) is 5.91 Å². The van der Waals surface area contributed by atoms with E-state index in [0.29, 0.717) is 16.6 Å². The van der Waals surface area contributed by atoms with Gasteiger partial charge in [-0.05, 0) is 18.1 Å². The van der Waals surface area contributed by atoms with E-state index < -0.39 is 30.5 Å². The predicted octanol–water partition coefficient (Wildman–Crippen LogP) is 4.01. The first-order valence-electron chi connectivity index (χ1n) is 8.71. The molecule has 3 heterocycles. The molecular weight excluding hydrogens is 392 g/mol. The van der Waals surface area contributed by atoms with Gasteiger partial charge in [-0.3, -0.25) is 4.79 Å². The number of H-pyrrole nitrogens is 1. The van der Waals surface area contributed by atoms with Crippen LogP contribution in [0.1, 0.15) is 18.1 Å². The van der Waals surface area contributed by atoms with E-state index >= 15 is 0 Å². The molecule has 0 spiro atoms. The molecule has 0 bridgehead atoms. The number of rotatable bonds is 6. The fourth-order valence-corrected chi connectivity index (χ4v) is 2.72. The normalized spacial score (nSPS) is 12.9. The molecule has 160 valence electrons. The van der Waals surface area contributed by atoms with Crippen LogP contribution in [0.3, 0.4) is 0 Å². The van der Waals surface area contributed by atoms with Crippen LogP contribution in [-0.4, -0.2) is 44.6 Å². The lowest BCUT2D eigenvalue weighted by Crippen LogP contribution is -2.46. The molecule has 0 aromatic carbocycles. The smallest absolute Gasteiger partial charge is 0.358 e. The number of carbonyl (C=O) groups is 1. The number of alkyl halides is 3. The lowest BCUT2D eigenvalue weighted by Gasteiger charge is -2.22. The second-order valence-electron chi connectivity index (χ2n) is 6.72. The van der Waals surface area contributed by atoms with Gasteiger partial charge in [-0.25, -0.2) is 19.3 Å². The Morgan fingerprint density at radius 2 is 2.07 bits per heavy atom. The number of hydrogen-bond donors (Lipinski definition) is 3. The van der Waals surface area contributed by atoms with Crippen molar-refractivity contribution in [3.63, 3.8) is 0 Å². The van der Waals surface area contributed by atoms with Gasteiger partial charge in [0.25, 0.3) is 0 Å². The van der Waals surface area contributed by atoms with Crippen LogP contribution in [0.2, 0.25) is 0 Å². The molecule has 1 unspecified atom stereocenters. The van der Waals surface area contributed by atoms with Crippen molar-refractivity contribution in [2.75, 3.05) is 11.9 Å². The molecule has 29 heavy (non-hydrogen) atoms. The molecule has 7 nitrogen and oxygen atoms in total. The second kappa shape index (κ2) is 8.02. The van der Waals surface area contributed by atoms with E-state index in [4.69, 9.17) is 0 Å². The zero-order chi connectivity index (χ0) is 21.2. The summed E-state index contributed by atoms with van der Waals surface area (Å²) in [5.74, 6) is -1.14. The number of fused-ring (bicyclic) bond motifs is 1. The van der Waals surface area contributed by atoms with Gasteiger partial charge in [0, 0.05) is 27.6 Å². The topological polar surface area (TPSA) is 95.6 Å². The fraction of sp³-hybridized carbons (Fsp3) is 0.333. The minimum atomic E-state index is -4.50. The van der Waals surface area contributed by atoms with Crippen LogP contribution in [0.25, 0.3) is 22.4 Å². The highest BCUT2D eigenvalue weighted by atomic mass is 19.4. The molecule has 0 aliphatic heterocycles. The predicted molar refractivity (Wildman–Crippen MR) is 105 cm³/mol. The van der Waals surface area contributed by atoms with E-state index in [1.165, 1.54) is 18.3 Å². The molecule has 3 aromatic heterocycles. The minimum Gasteiger partial charge on any atom is -0.358 e. The van der Waals surface area contributed by atoms with Gasteiger partial charge in [0.1, 0.15) is 29.9 Å². The molecule has 0 aliphatic carbocycles. The summed E-state index contributed by atoms with van der Waals surface area (Å²) in [7, 11) is 0. The van der Waals surface area contributed by atoms with E-state index in [2.05, 4.69) is 25.3 Å². The van der Waals surface area contributed by atoms with Gasteiger partial charge >= 0.3 is 6.18 Å². The summed E-state index contributed by atoms with van der Waals surface area (Å²) in [6.07, 6.45) is -0.417. The SMILES string of the molecule is CC(C)C(Nc1ccnc(-c2c[nH]c3ncc(F)cc23)n1)C(=O)NCC(F)(F)F.[HH].[HH].[HH]. The highest BCUT2D eigenvalue weighted by Crippen LogP contribution is 2.26. The Morgan fingerprint density at radius 3 is 2.76 bits per heavy atom. The van der Waals surface area contributed by atoms with E-state index in [9.17, 15) is 22.4 Å². The van der Waals surface area contributed by atoms with Crippen molar-refractivity contribution in [2.24, 2.45) is 5.92 Å². The summed E-state index contributed by atoms with van der Waals surface area (Å²) >= 11 is 0. The summed E-state index contributed by atoms with van der Waals surface area (Å²) < 4.78 is 50.7. The Labute approximate surface area is 167 Å². The lowest BCUT2D eigenvalue weighted by molar-refractivity contribution is -0.139. The molecule has 0 saturated carbocycles.